The van der Waals surface area contributed by atoms with Gasteiger partial charge in [0.15, 0.2) is 17.5 Å². The van der Waals surface area contributed by atoms with Crippen molar-refractivity contribution in [1.29, 1.82) is 0 Å². The molecular formula is C15H16F3N3O2. The largest absolute Gasteiger partial charge is 0.394 e. The molecule has 0 fully saturated rings. The molecule has 3 N–H and O–H groups in total. The van der Waals surface area contributed by atoms with Crippen LogP contribution in [0.5, 0.6) is 0 Å². The molecule has 5 nitrogen and oxygen atoms in total. The highest BCUT2D eigenvalue weighted by Crippen LogP contribution is 2.19. The van der Waals surface area contributed by atoms with Crippen molar-refractivity contribution in [3.8, 4) is 0 Å². The number of urea groups is 1. The summed E-state index contributed by atoms with van der Waals surface area (Å²) >= 11 is 0. The Morgan fingerprint density at radius 2 is 1.78 bits per heavy atom. The van der Waals surface area contributed by atoms with Crippen LogP contribution in [0.15, 0.2) is 36.7 Å². The highest BCUT2D eigenvalue weighted by Gasteiger charge is 2.18. The summed E-state index contributed by atoms with van der Waals surface area (Å²) in [5, 5.41) is 14.2. The number of aliphatic hydroxyl groups excluding tert-OH is 1. The second-order valence-electron chi connectivity index (χ2n) is 4.85. The van der Waals surface area contributed by atoms with Gasteiger partial charge in [0.25, 0.3) is 0 Å². The van der Waals surface area contributed by atoms with E-state index in [1.807, 2.05) is 29.1 Å². The molecule has 2 amide bonds. The third-order valence-electron chi connectivity index (χ3n) is 3.22. The van der Waals surface area contributed by atoms with Crippen molar-refractivity contribution in [3.63, 3.8) is 0 Å². The summed E-state index contributed by atoms with van der Waals surface area (Å²) in [7, 11) is 0. The minimum Gasteiger partial charge on any atom is -0.394 e. The molecular weight excluding hydrogens is 311 g/mol. The normalized spacial score (nSPS) is 12.0. The van der Waals surface area contributed by atoms with Crippen molar-refractivity contribution in [2.75, 3.05) is 13.2 Å². The van der Waals surface area contributed by atoms with Crippen LogP contribution < -0.4 is 10.6 Å². The van der Waals surface area contributed by atoms with E-state index in [2.05, 4.69) is 10.6 Å². The third kappa shape index (κ3) is 4.49. The predicted octanol–water partition coefficient (Wildman–Crippen LogP) is 1.94. The average Bonchev–Trinajstić information content (AvgIpc) is 3.03. The average molecular weight is 327 g/mol. The smallest absolute Gasteiger partial charge is 0.315 e. The van der Waals surface area contributed by atoms with Crippen LogP contribution in [0.4, 0.5) is 18.0 Å². The van der Waals surface area contributed by atoms with Gasteiger partial charge in [-0.2, -0.15) is 0 Å². The number of halogens is 3. The van der Waals surface area contributed by atoms with Crippen LogP contribution in [0.25, 0.3) is 0 Å². The first kappa shape index (κ1) is 16.9. The molecule has 0 spiro atoms. The topological polar surface area (TPSA) is 66.3 Å². The quantitative estimate of drug-likeness (QED) is 0.710. The molecule has 8 heteroatoms. The summed E-state index contributed by atoms with van der Waals surface area (Å²) in [6.45, 7) is 0.282. The first-order valence-electron chi connectivity index (χ1n) is 6.91. The molecule has 1 heterocycles. The Kier molecular flexibility index (Phi) is 5.64. The van der Waals surface area contributed by atoms with E-state index in [0.717, 1.165) is 12.1 Å². The molecule has 1 aromatic carbocycles. The number of nitrogens with zero attached hydrogens (tertiary/aromatic N) is 1. The number of aliphatic hydroxyl groups is 1. The number of hydrogen-bond donors (Lipinski definition) is 3. The Morgan fingerprint density at radius 3 is 2.35 bits per heavy atom. The highest BCUT2D eigenvalue weighted by molar-refractivity contribution is 5.74. The molecule has 124 valence electrons. The monoisotopic (exact) mass is 327 g/mol. The van der Waals surface area contributed by atoms with Gasteiger partial charge < -0.3 is 20.3 Å². The van der Waals surface area contributed by atoms with Crippen molar-refractivity contribution in [2.45, 2.75) is 12.6 Å². The van der Waals surface area contributed by atoms with Gasteiger partial charge in [-0.05, 0) is 29.8 Å². The van der Waals surface area contributed by atoms with Crippen LogP contribution >= 0.6 is 0 Å². The lowest BCUT2D eigenvalue weighted by Crippen LogP contribution is -2.40. The van der Waals surface area contributed by atoms with E-state index in [9.17, 15) is 23.1 Å². The number of carbonyl (C=O) groups excluding carboxylic acids is 1. The molecule has 0 aliphatic heterocycles. The van der Waals surface area contributed by atoms with Crippen LogP contribution in [-0.2, 0) is 6.54 Å². The zero-order valence-electron chi connectivity index (χ0n) is 12.1. The minimum absolute atomic E-state index is 0.0653. The fourth-order valence-corrected chi connectivity index (χ4v) is 2.04. The summed E-state index contributed by atoms with van der Waals surface area (Å²) in [5.74, 6) is -4.36. The molecule has 0 aliphatic carbocycles. The molecule has 0 radical (unpaired) electrons. The van der Waals surface area contributed by atoms with Gasteiger partial charge in [-0.3, -0.25) is 0 Å². The standard InChI is InChI=1S/C15H16F3N3O2/c16-11-7-10(8-12(17)14(11)18)13(9-22)20-15(23)19-3-6-21-4-1-2-5-21/h1-2,4-5,7-8,13,22H,3,6,9H2,(H2,19,20,23). The van der Waals surface area contributed by atoms with Gasteiger partial charge in [0, 0.05) is 25.5 Å². The number of aromatic nitrogens is 1. The first-order valence-corrected chi connectivity index (χ1v) is 6.91. The maximum Gasteiger partial charge on any atom is 0.315 e. The number of hydrogen-bond acceptors (Lipinski definition) is 2. The lowest BCUT2D eigenvalue weighted by atomic mass is 10.1. The summed E-state index contributed by atoms with van der Waals surface area (Å²) in [6, 6.07) is 3.50. The van der Waals surface area contributed by atoms with E-state index in [1.165, 1.54) is 0 Å². The molecule has 23 heavy (non-hydrogen) atoms. The molecule has 0 aliphatic rings. The van der Waals surface area contributed by atoms with Crippen LogP contribution in [0.2, 0.25) is 0 Å². The highest BCUT2D eigenvalue weighted by atomic mass is 19.2. The predicted molar refractivity (Wildman–Crippen MR) is 77.1 cm³/mol. The molecule has 2 rings (SSSR count). The molecule has 0 saturated carbocycles. The number of rotatable bonds is 6. The van der Waals surface area contributed by atoms with Crippen LogP contribution in [0.1, 0.15) is 11.6 Å². The number of nitrogens with one attached hydrogen (secondary N) is 2. The zero-order valence-corrected chi connectivity index (χ0v) is 12.1. The number of benzene rings is 1. The van der Waals surface area contributed by atoms with E-state index < -0.39 is 36.1 Å². The number of amides is 2. The number of carbonyl (C=O) groups is 1. The van der Waals surface area contributed by atoms with Gasteiger partial charge >= 0.3 is 6.03 Å². The van der Waals surface area contributed by atoms with Crippen molar-refractivity contribution in [1.82, 2.24) is 15.2 Å². The molecule has 1 atom stereocenters. The Bertz CT molecular complexity index is 639. The molecule has 1 aromatic heterocycles. The first-order chi connectivity index (χ1) is 11.0. The lowest BCUT2D eigenvalue weighted by molar-refractivity contribution is 0.216. The maximum absolute atomic E-state index is 13.2. The van der Waals surface area contributed by atoms with Gasteiger partial charge in [0.1, 0.15) is 0 Å². The zero-order chi connectivity index (χ0) is 16.8. The maximum atomic E-state index is 13.2. The Hall–Kier alpha value is -2.48. The lowest BCUT2D eigenvalue weighted by Gasteiger charge is -2.18. The Balaban J connectivity index is 1.92. The van der Waals surface area contributed by atoms with Gasteiger partial charge in [-0.15, -0.1) is 0 Å². The van der Waals surface area contributed by atoms with Gasteiger partial charge in [-0.1, -0.05) is 0 Å². The summed E-state index contributed by atoms with van der Waals surface area (Å²) in [6.07, 6.45) is 3.67. The SMILES string of the molecule is O=C(NCCn1cccc1)NC(CO)c1cc(F)c(F)c(F)c1. The van der Waals surface area contributed by atoms with E-state index in [0.29, 0.717) is 13.1 Å². The Labute approximate surface area is 130 Å². The van der Waals surface area contributed by atoms with Crippen molar-refractivity contribution in [2.24, 2.45) is 0 Å². The van der Waals surface area contributed by atoms with Crippen LogP contribution in [0, 0.1) is 17.5 Å². The van der Waals surface area contributed by atoms with E-state index in [1.54, 1.807) is 0 Å². The third-order valence-corrected chi connectivity index (χ3v) is 3.22. The van der Waals surface area contributed by atoms with Gasteiger partial charge in [0.2, 0.25) is 0 Å². The molecule has 0 saturated heterocycles. The van der Waals surface area contributed by atoms with Crippen LogP contribution in [-0.4, -0.2) is 28.9 Å². The van der Waals surface area contributed by atoms with Crippen molar-refractivity contribution < 1.29 is 23.1 Å². The second-order valence-corrected chi connectivity index (χ2v) is 4.85. The summed E-state index contributed by atoms with van der Waals surface area (Å²) in [5.41, 5.74) is -0.0653. The second kappa shape index (κ2) is 7.68. The van der Waals surface area contributed by atoms with Gasteiger partial charge in [-0.25, -0.2) is 18.0 Å². The fourth-order valence-electron chi connectivity index (χ4n) is 2.04. The van der Waals surface area contributed by atoms with E-state index >= 15 is 0 Å². The van der Waals surface area contributed by atoms with Crippen molar-refractivity contribution >= 4 is 6.03 Å². The molecule has 0 bridgehead atoms. The molecule has 1 unspecified atom stereocenters. The minimum atomic E-state index is -1.60. The molecule has 2 aromatic rings. The van der Waals surface area contributed by atoms with Crippen molar-refractivity contribution in [3.05, 3.63) is 59.7 Å². The van der Waals surface area contributed by atoms with Crippen LogP contribution in [0.3, 0.4) is 0 Å². The van der Waals surface area contributed by atoms with E-state index in [4.69, 9.17) is 0 Å². The summed E-state index contributed by atoms with van der Waals surface area (Å²) in [4.78, 5) is 11.7. The van der Waals surface area contributed by atoms with Gasteiger partial charge in [0.05, 0.1) is 12.6 Å². The summed E-state index contributed by atoms with van der Waals surface area (Å²) < 4.78 is 41.2. The Morgan fingerprint density at radius 1 is 1.17 bits per heavy atom. The van der Waals surface area contributed by atoms with E-state index in [-0.39, 0.29) is 5.56 Å². The fraction of sp³-hybridized carbons (Fsp3) is 0.267.